The predicted octanol–water partition coefficient (Wildman–Crippen LogP) is 1.50. The van der Waals surface area contributed by atoms with Crippen molar-refractivity contribution in [3.63, 3.8) is 0 Å². The van der Waals surface area contributed by atoms with Gasteiger partial charge in [0.2, 0.25) is 0 Å². The lowest BCUT2D eigenvalue weighted by molar-refractivity contribution is 0.532. The van der Waals surface area contributed by atoms with Gasteiger partial charge in [0.1, 0.15) is 12.1 Å². The second kappa shape index (κ2) is 3.68. The molecule has 5 heteroatoms. The van der Waals surface area contributed by atoms with E-state index in [4.69, 9.17) is 5.73 Å². The fourth-order valence-electron chi connectivity index (χ4n) is 1.28. The van der Waals surface area contributed by atoms with Gasteiger partial charge in [-0.05, 0) is 13.8 Å². The molecule has 0 saturated carbocycles. The molecule has 0 unspecified atom stereocenters. The van der Waals surface area contributed by atoms with E-state index in [1.54, 1.807) is 12.3 Å². The van der Waals surface area contributed by atoms with Crippen molar-refractivity contribution in [2.45, 2.75) is 19.9 Å². The molecule has 0 aliphatic heterocycles. The summed E-state index contributed by atoms with van der Waals surface area (Å²) in [6, 6.07) is 2.08. The van der Waals surface area contributed by atoms with Crippen LogP contribution in [-0.4, -0.2) is 19.7 Å². The smallest absolute Gasteiger partial charge is 0.127 e. The minimum absolute atomic E-state index is 0.345. The SMILES string of the molecule is CC(C)n1cc(-c2cc(N)ncn2)cn1. The van der Waals surface area contributed by atoms with E-state index in [-0.39, 0.29) is 0 Å². The van der Waals surface area contributed by atoms with Crippen molar-refractivity contribution in [2.24, 2.45) is 0 Å². The summed E-state index contributed by atoms with van der Waals surface area (Å²) >= 11 is 0. The summed E-state index contributed by atoms with van der Waals surface area (Å²) in [7, 11) is 0. The van der Waals surface area contributed by atoms with Gasteiger partial charge in [-0.3, -0.25) is 4.68 Å². The maximum absolute atomic E-state index is 5.58. The quantitative estimate of drug-likeness (QED) is 0.803. The summed E-state index contributed by atoms with van der Waals surface area (Å²) in [5.74, 6) is 0.470. The Hall–Kier alpha value is -1.91. The Morgan fingerprint density at radius 2 is 2.13 bits per heavy atom. The third-order valence-corrected chi connectivity index (χ3v) is 2.11. The summed E-state index contributed by atoms with van der Waals surface area (Å²) in [6.45, 7) is 4.15. The molecule has 0 fully saturated rings. The zero-order chi connectivity index (χ0) is 10.8. The lowest BCUT2D eigenvalue weighted by Gasteiger charge is -2.02. The van der Waals surface area contributed by atoms with Gasteiger partial charge in [0.15, 0.2) is 0 Å². The van der Waals surface area contributed by atoms with Crippen LogP contribution in [0.15, 0.2) is 24.8 Å². The van der Waals surface area contributed by atoms with Crippen molar-refractivity contribution < 1.29 is 0 Å². The Balaban J connectivity index is 2.37. The van der Waals surface area contributed by atoms with Gasteiger partial charge in [-0.1, -0.05) is 0 Å². The molecule has 2 aromatic rings. The second-order valence-corrected chi connectivity index (χ2v) is 3.63. The van der Waals surface area contributed by atoms with E-state index in [0.29, 0.717) is 11.9 Å². The largest absolute Gasteiger partial charge is 0.384 e. The van der Waals surface area contributed by atoms with E-state index in [1.165, 1.54) is 6.33 Å². The molecule has 2 heterocycles. The van der Waals surface area contributed by atoms with Gasteiger partial charge >= 0.3 is 0 Å². The van der Waals surface area contributed by atoms with E-state index in [1.807, 2.05) is 10.9 Å². The van der Waals surface area contributed by atoms with Gasteiger partial charge in [-0.25, -0.2) is 9.97 Å². The van der Waals surface area contributed by atoms with Crippen LogP contribution in [0.4, 0.5) is 5.82 Å². The highest BCUT2D eigenvalue weighted by Gasteiger charge is 2.05. The Kier molecular flexibility index (Phi) is 2.37. The summed E-state index contributed by atoms with van der Waals surface area (Å²) in [5, 5.41) is 4.24. The van der Waals surface area contributed by atoms with Gasteiger partial charge < -0.3 is 5.73 Å². The summed E-state index contributed by atoms with van der Waals surface area (Å²) in [6.07, 6.45) is 5.19. The third-order valence-electron chi connectivity index (χ3n) is 2.11. The fraction of sp³-hybridized carbons (Fsp3) is 0.300. The van der Waals surface area contributed by atoms with Gasteiger partial charge in [-0.15, -0.1) is 0 Å². The van der Waals surface area contributed by atoms with Gasteiger partial charge in [-0.2, -0.15) is 5.10 Å². The van der Waals surface area contributed by atoms with Gasteiger partial charge in [0.05, 0.1) is 11.9 Å². The normalized spacial score (nSPS) is 10.9. The lowest BCUT2D eigenvalue weighted by atomic mass is 10.2. The number of anilines is 1. The average Bonchev–Trinajstić information content (AvgIpc) is 2.66. The average molecular weight is 203 g/mol. The first-order valence-corrected chi connectivity index (χ1v) is 4.79. The van der Waals surface area contributed by atoms with E-state index >= 15 is 0 Å². The Labute approximate surface area is 88.0 Å². The van der Waals surface area contributed by atoms with Crippen LogP contribution in [0.1, 0.15) is 19.9 Å². The molecule has 5 nitrogen and oxygen atoms in total. The molecule has 78 valence electrons. The van der Waals surface area contributed by atoms with Crippen molar-refractivity contribution >= 4 is 5.82 Å². The number of rotatable bonds is 2. The third kappa shape index (κ3) is 1.96. The van der Waals surface area contributed by atoms with Crippen LogP contribution in [0.3, 0.4) is 0 Å². The van der Waals surface area contributed by atoms with Crippen LogP contribution >= 0.6 is 0 Å². The van der Waals surface area contributed by atoms with Crippen LogP contribution in [-0.2, 0) is 0 Å². The van der Waals surface area contributed by atoms with Crippen molar-refractivity contribution in [3.8, 4) is 11.3 Å². The summed E-state index contributed by atoms with van der Waals surface area (Å²) in [5.41, 5.74) is 7.34. The van der Waals surface area contributed by atoms with Crippen LogP contribution < -0.4 is 5.73 Å². The van der Waals surface area contributed by atoms with Crippen LogP contribution in [0.5, 0.6) is 0 Å². The van der Waals surface area contributed by atoms with E-state index in [0.717, 1.165) is 11.3 Å². The number of hydrogen-bond acceptors (Lipinski definition) is 4. The standard InChI is InChI=1S/C10H13N5/c1-7(2)15-5-8(4-14-15)9-3-10(11)13-6-12-9/h3-7H,1-2H3,(H2,11,12,13). The molecule has 0 aliphatic carbocycles. The first kappa shape index (κ1) is 9.64. The molecule has 0 aromatic carbocycles. The lowest BCUT2D eigenvalue weighted by Crippen LogP contribution is -1.99. The zero-order valence-corrected chi connectivity index (χ0v) is 8.75. The molecule has 0 radical (unpaired) electrons. The molecule has 2 rings (SSSR count). The zero-order valence-electron chi connectivity index (χ0n) is 8.75. The monoisotopic (exact) mass is 203 g/mol. The molecule has 0 atom stereocenters. The topological polar surface area (TPSA) is 69.6 Å². The first-order chi connectivity index (χ1) is 7.16. The van der Waals surface area contributed by atoms with Crippen molar-refractivity contribution in [2.75, 3.05) is 5.73 Å². The highest BCUT2D eigenvalue weighted by atomic mass is 15.3. The molecule has 0 amide bonds. The Bertz CT molecular complexity index is 460. The minimum Gasteiger partial charge on any atom is -0.384 e. The van der Waals surface area contributed by atoms with Crippen molar-refractivity contribution in [3.05, 3.63) is 24.8 Å². The fourth-order valence-corrected chi connectivity index (χ4v) is 1.28. The number of hydrogen-bond donors (Lipinski definition) is 1. The first-order valence-electron chi connectivity index (χ1n) is 4.79. The molecule has 0 spiro atoms. The molecule has 2 aromatic heterocycles. The molecule has 0 aliphatic rings. The number of aromatic nitrogens is 4. The van der Waals surface area contributed by atoms with Crippen LogP contribution in [0.2, 0.25) is 0 Å². The number of nitrogens with two attached hydrogens (primary N) is 1. The Morgan fingerprint density at radius 1 is 1.33 bits per heavy atom. The number of nitrogen functional groups attached to an aromatic ring is 1. The Morgan fingerprint density at radius 3 is 2.73 bits per heavy atom. The molecular formula is C10H13N5. The van der Waals surface area contributed by atoms with Crippen LogP contribution in [0.25, 0.3) is 11.3 Å². The van der Waals surface area contributed by atoms with Gasteiger partial charge in [0.25, 0.3) is 0 Å². The maximum Gasteiger partial charge on any atom is 0.127 e. The summed E-state index contributed by atoms with van der Waals surface area (Å²) in [4.78, 5) is 7.98. The van der Waals surface area contributed by atoms with E-state index in [9.17, 15) is 0 Å². The predicted molar refractivity (Wildman–Crippen MR) is 58.1 cm³/mol. The highest BCUT2D eigenvalue weighted by Crippen LogP contribution is 2.18. The highest BCUT2D eigenvalue weighted by molar-refractivity contribution is 5.59. The molecule has 2 N–H and O–H groups in total. The summed E-state index contributed by atoms with van der Waals surface area (Å²) < 4.78 is 1.88. The van der Waals surface area contributed by atoms with Crippen LogP contribution in [0, 0.1) is 0 Å². The van der Waals surface area contributed by atoms with E-state index in [2.05, 4.69) is 28.9 Å². The molecular weight excluding hydrogens is 190 g/mol. The molecule has 0 bridgehead atoms. The second-order valence-electron chi connectivity index (χ2n) is 3.63. The van der Waals surface area contributed by atoms with E-state index < -0.39 is 0 Å². The maximum atomic E-state index is 5.58. The van der Waals surface area contributed by atoms with Gasteiger partial charge in [0, 0.05) is 23.9 Å². The number of nitrogens with zero attached hydrogens (tertiary/aromatic N) is 4. The molecule has 0 saturated heterocycles. The van der Waals surface area contributed by atoms with Crippen molar-refractivity contribution in [1.82, 2.24) is 19.7 Å². The molecule has 15 heavy (non-hydrogen) atoms. The van der Waals surface area contributed by atoms with Crippen molar-refractivity contribution in [1.29, 1.82) is 0 Å². The minimum atomic E-state index is 0.345.